The van der Waals surface area contributed by atoms with Crippen molar-refractivity contribution >= 4 is 21.6 Å². The lowest BCUT2D eigenvalue weighted by molar-refractivity contribution is -0.120. The number of carbonyl (C=O) groups excluding carboxylic acids is 1. The van der Waals surface area contributed by atoms with E-state index in [1.54, 1.807) is 36.4 Å². The van der Waals surface area contributed by atoms with E-state index in [1.807, 2.05) is 32.9 Å². The molecule has 1 amide bonds. The second-order valence-corrected chi connectivity index (χ2v) is 9.64. The molecule has 1 saturated heterocycles. The molecular weight excluding hydrogens is 388 g/mol. The number of nitrogens with zero attached hydrogens (tertiary/aromatic N) is 1. The molecule has 1 N–H and O–H groups in total. The van der Waals surface area contributed by atoms with Gasteiger partial charge < -0.3 is 10.1 Å². The number of carbonyl (C=O) groups is 1. The van der Waals surface area contributed by atoms with E-state index >= 15 is 0 Å². The number of hydrogen-bond donors (Lipinski definition) is 1. The van der Waals surface area contributed by atoms with Crippen LogP contribution in [0.25, 0.3) is 0 Å². The number of rotatable bonds is 6. The number of piperidine rings is 1. The summed E-state index contributed by atoms with van der Waals surface area (Å²) in [7, 11) is -3.60. The Kier molecular flexibility index (Phi) is 6.59. The van der Waals surface area contributed by atoms with Crippen LogP contribution >= 0.6 is 0 Å². The summed E-state index contributed by atoms with van der Waals surface area (Å²) in [6.45, 7) is 6.41. The van der Waals surface area contributed by atoms with Gasteiger partial charge in [0.1, 0.15) is 5.75 Å². The van der Waals surface area contributed by atoms with Crippen molar-refractivity contribution in [2.75, 3.05) is 18.4 Å². The number of hydrogen-bond acceptors (Lipinski definition) is 4. The van der Waals surface area contributed by atoms with E-state index in [0.29, 0.717) is 30.8 Å². The van der Waals surface area contributed by atoms with Crippen LogP contribution in [0.3, 0.4) is 0 Å². The summed E-state index contributed by atoms with van der Waals surface area (Å²) in [5, 5.41) is 2.90. The van der Waals surface area contributed by atoms with Crippen molar-refractivity contribution in [3.05, 3.63) is 54.1 Å². The number of ether oxygens (including phenoxy) is 1. The van der Waals surface area contributed by atoms with Gasteiger partial charge in [0, 0.05) is 24.8 Å². The Morgan fingerprint density at radius 2 is 1.90 bits per heavy atom. The number of sulfonamides is 1. The molecule has 0 aliphatic carbocycles. The minimum absolute atomic E-state index is 0.0415. The van der Waals surface area contributed by atoms with Crippen molar-refractivity contribution in [3.8, 4) is 5.75 Å². The highest BCUT2D eigenvalue weighted by molar-refractivity contribution is 7.89. The summed E-state index contributed by atoms with van der Waals surface area (Å²) < 4.78 is 33.0. The molecule has 0 aromatic heterocycles. The third-order valence-electron chi connectivity index (χ3n) is 4.89. The van der Waals surface area contributed by atoms with E-state index in [1.165, 1.54) is 4.31 Å². The number of nitrogens with one attached hydrogen (secondary N) is 1. The zero-order valence-electron chi connectivity index (χ0n) is 17.1. The van der Waals surface area contributed by atoms with Crippen LogP contribution < -0.4 is 10.1 Å². The fraction of sp³-hybridized carbons (Fsp3) is 0.409. The third kappa shape index (κ3) is 5.36. The lowest BCUT2D eigenvalue weighted by Gasteiger charge is -2.31. The lowest BCUT2D eigenvalue weighted by Crippen LogP contribution is -2.43. The standard InChI is InChI=1S/C22H28N2O4S/c1-16(2)28-20-8-4-7-19(14-20)23-22(25)18-6-5-13-24(15-18)29(26,27)21-11-9-17(3)10-12-21/h4,7-12,14,16,18H,5-6,13,15H2,1-3H3,(H,23,25). The van der Waals surface area contributed by atoms with Crippen LogP contribution in [0.5, 0.6) is 5.75 Å². The van der Waals surface area contributed by atoms with Crippen molar-refractivity contribution in [3.63, 3.8) is 0 Å². The van der Waals surface area contributed by atoms with Crippen LogP contribution in [0.4, 0.5) is 5.69 Å². The Morgan fingerprint density at radius 1 is 1.17 bits per heavy atom. The van der Waals surface area contributed by atoms with Gasteiger partial charge in [0.25, 0.3) is 0 Å². The molecule has 1 unspecified atom stereocenters. The zero-order valence-corrected chi connectivity index (χ0v) is 17.9. The summed E-state index contributed by atoms with van der Waals surface area (Å²) in [6.07, 6.45) is 1.35. The van der Waals surface area contributed by atoms with Gasteiger partial charge >= 0.3 is 0 Å². The number of aryl methyl sites for hydroxylation is 1. The Labute approximate surface area is 172 Å². The van der Waals surface area contributed by atoms with Crippen LogP contribution in [0, 0.1) is 12.8 Å². The maximum absolute atomic E-state index is 12.9. The summed E-state index contributed by atoms with van der Waals surface area (Å²) in [6, 6.07) is 14.0. The van der Waals surface area contributed by atoms with Crippen molar-refractivity contribution in [1.82, 2.24) is 4.31 Å². The highest BCUT2D eigenvalue weighted by Crippen LogP contribution is 2.26. The summed E-state index contributed by atoms with van der Waals surface area (Å²) in [5.74, 6) is 0.124. The minimum Gasteiger partial charge on any atom is -0.491 e. The van der Waals surface area contributed by atoms with Gasteiger partial charge in [-0.25, -0.2) is 8.42 Å². The van der Waals surface area contributed by atoms with Crippen LogP contribution in [-0.4, -0.2) is 37.8 Å². The van der Waals surface area contributed by atoms with Crippen molar-refractivity contribution < 1.29 is 17.9 Å². The lowest BCUT2D eigenvalue weighted by atomic mass is 9.98. The Balaban J connectivity index is 1.69. The average molecular weight is 417 g/mol. The van der Waals surface area contributed by atoms with Crippen LogP contribution in [0.15, 0.2) is 53.4 Å². The van der Waals surface area contributed by atoms with Crippen molar-refractivity contribution in [2.45, 2.75) is 44.6 Å². The van der Waals surface area contributed by atoms with Crippen LogP contribution in [-0.2, 0) is 14.8 Å². The molecule has 0 saturated carbocycles. The van der Waals surface area contributed by atoms with Gasteiger partial charge in [-0.2, -0.15) is 4.31 Å². The first-order valence-corrected chi connectivity index (χ1v) is 11.3. The number of benzene rings is 2. The molecule has 1 fully saturated rings. The Hall–Kier alpha value is -2.38. The molecule has 1 aliphatic heterocycles. The van der Waals surface area contributed by atoms with Crippen molar-refractivity contribution in [1.29, 1.82) is 0 Å². The fourth-order valence-electron chi connectivity index (χ4n) is 3.40. The summed E-state index contributed by atoms with van der Waals surface area (Å²) >= 11 is 0. The average Bonchev–Trinajstić information content (AvgIpc) is 2.68. The Morgan fingerprint density at radius 3 is 2.59 bits per heavy atom. The molecular formula is C22H28N2O4S. The second-order valence-electron chi connectivity index (χ2n) is 7.70. The smallest absolute Gasteiger partial charge is 0.243 e. The highest BCUT2D eigenvalue weighted by Gasteiger charge is 2.33. The monoisotopic (exact) mass is 416 g/mol. The van der Waals surface area contributed by atoms with E-state index in [-0.39, 0.29) is 23.5 Å². The quantitative estimate of drug-likeness (QED) is 0.777. The molecule has 29 heavy (non-hydrogen) atoms. The summed E-state index contributed by atoms with van der Waals surface area (Å²) in [4.78, 5) is 13.0. The Bertz CT molecular complexity index is 955. The maximum Gasteiger partial charge on any atom is 0.243 e. The van der Waals surface area contributed by atoms with E-state index in [0.717, 1.165) is 5.56 Å². The first-order valence-electron chi connectivity index (χ1n) is 9.90. The van der Waals surface area contributed by atoms with Gasteiger partial charge in [-0.05, 0) is 57.9 Å². The molecule has 7 heteroatoms. The van der Waals surface area contributed by atoms with E-state index in [4.69, 9.17) is 4.74 Å². The van der Waals surface area contributed by atoms with Crippen LogP contribution in [0.1, 0.15) is 32.3 Å². The second kappa shape index (κ2) is 8.97. The molecule has 1 aliphatic rings. The minimum atomic E-state index is -3.60. The zero-order chi connectivity index (χ0) is 21.0. The van der Waals surface area contributed by atoms with E-state index < -0.39 is 15.9 Å². The van der Waals surface area contributed by atoms with E-state index in [9.17, 15) is 13.2 Å². The van der Waals surface area contributed by atoms with Gasteiger partial charge in [-0.3, -0.25) is 4.79 Å². The van der Waals surface area contributed by atoms with Crippen molar-refractivity contribution in [2.24, 2.45) is 5.92 Å². The van der Waals surface area contributed by atoms with E-state index in [2.05, 4.69) is 5.32 Å². The molecule has 2 aromatic rings. The first-order chi connectivity index (χ1) is 13.8. The van der Waals surface area contributed by atoms with Gasteiger partial charge in [-0.15, -0.1) is 0 Å². The first kappa shape index (κ1) is 21.3. The molecule has 156 valence electrons. The van der Waals surface area contributed by atoms with Gasteiger partial charge in [0.05, 0.1) is 16.9 Å². The number of anilines is 1. The number of amides is 1. The predicted octanol–water partition coefficient (Wildman–Crippen LogP) is 3.82. The largest absolute Gasteiger partial charge is 0.491 e. The summed E-state index contributed by atoms with van der Waals surface area (Å²) in [5.41, 5.74) is 1.65. The van der Waals surface area contributed by atoms with Gasteiger partial charge in [0.2, 0.25) is 15.9 Å². The predicted molar refractivity (Wildman–Crippen MR) is 113 cm³/mol. The fourth-order valence-corrected chi connectivity index (χ4v) is 4.92. The van der Waals surface area contributed by atoms with Crippen LogP contribution in [0.2, 0.25) is 0 Å². The van der Waals surface area contributed by atoms with Gasteiger partial charge in [0.15, 0.2) is 0 Å². The molecule has 0 bridgehead atoms. The molecule has 6 nitrogen and oxygen atoms in total. The third-order valence-corrected chi connectivity index (χ3v) is 6.77. The molecule has 1 atom stereocenters. The topological polar surface area (TPSA) is 75.7 Å². The van der Waals surface area contributed by atoms with Gasteiger partial charge in [-0.1, -0.05) is 23.8 Å². The molecule has 0 radical (unpaired) electrons. The highest BCUT2D eigenvalue weighted by atomic mass is 32.2. The molecule has 0 spiro atoms. The molecule has 2 aromatic carbocycles. The maximum atomic E-state index is 12.9. The normalized spacial score (nSPS) is 17.9. The SMILES string of the molecule is Cc1ccc(S(=O)(=O)N2CCCC(C(=O)Nc3cccc(OC(C)C)c3)C2)cc1. The molecule has 3 rings (SSSR count). The molecule has 1 heterocycles.